The van der Waals surface area contributed by atoms with Crippen LogP contribution in [0.5, 0.6) is 0 Å². The van der Waals surface area contributed by atoms with Gasteiger partial charge in [0.1, 0.15) is 5.82 Å². The quantitative estimate of drug-likeness (QED) is 0.801. The maximum atomic E-state index is 14.0. The van der Waals surface area contributed by atoms with Gasteiger partial charge in [-0.05, 0) is 37.8 Å². The van der Waals surface area contributed by atoms with Crippen LogP contribution in [0.1, 0.15) is 57.6 Å². The van der Waals surface area contributed by atoms with Crippen molar-refractivity contribution in [1.82, 2.24) is 5.32 Å². The fourth-order valence-electron chi connectivity index (χ4n) is 3.08. The van der Waals surface area contributed by atoms with Gasteiger partial charge in [-0.3, -0.25) is 0 Å². The fourth-order valence-corrected chi connectivity index (χ4v) is 3.08. The van der Waals surface area contributed by atoms with E-state index in [9.17, 15) is 4.39 Å². The molecule has 1 aliphatic carbocycles. The zero-order chi connectivity index (χ0) is 15.1. The van der Waals surface area contributed by atoms with Gasteiger partial charge in [-0.25, -0.2) is 4.39 Å². The van der Waals surface area contributed by atoms with E-state index in [-0.39, 0.29) is 11.9 Å². The number of halogens is 1. The predicted octanol–water partition coefficient (Wildman–Crippen LogP) is 4.46. The molecule has 21 heavy (non-hydrogen) atoms. The number of hydrogen-bond acceptors (Lipinski definition) is 2. The molecule has 1 fully saturated rings. The molecule has 0 heterocycles. The van der Waals surface area contributed by atoms with Crippen molar-refractivity contribution in [3.63, 3.8) is 0 Å². The lowest BCUT2D eigenvalue weighted by molar-refractivity contribution is -0.0156. The summed E-state index contributed by atoms with van der Waals surface area (Å²) in [5.74, 6) is 0.470. The standard InChI is InChI=1S/C18H28FNO/c1-3-12-20-17(15-9-5-6-10-16(15)19)13-21-18-11-7-4-8-14(18)2/h5-6,9-10,14,17-18,20H,3-4,7-8,11-13H2,1-2H3. The zero-order valence-corrected chi connectivity index (χ0v) is 13.3. The number of benzene rings is 1. The van der Waals surface area contributed by atoms with E-state index in [1.165, 1.54) is 25.3 Å². The molecule has 2 rings (SSSR count). The minimum Gasteiger partial charge on any atom is -0.376 e. The molecule has 0 aromatic heterocycles. The molecule has 3 atom stereocenters. The number of hydrogen-bond donors (Lipinski definition) is 1. The topological polar surface area (TPSA) is 21.3 Å². The van der Waals surface area contributed by atoms with Gasteiger partial charge in [0, 0.05) is 5.56 Å². The molecule has 1 aromatic carbocycles. The molecule has 3 heteroatoms. The van der Waals surface area contributed by atoms with Gasteiger partial charge in [-0.1, -0.05) is 44.9 Å². The molecular weight excluding hydrogens is 265 g/mol. The minimum absolute atomic E-state index is 0.0553. The Morgan fingerprint density at radius 2 is 2.05 bits per heavy atom. The van der Waals surface area contributed by atoms with Crippen LogP contribution < -0.4 is 5.32 Å². The smallest absolute Gasteiger partial charge is 0.128 e. The molecule has 3 unspecified atom stereocenters. The third-order valence-corrected chi connectivity index (χ3v) is 4.43. The van der Waals surface area contributed by atoms with E-state index in [0.29, 0.717) is 18.6 Å². The van der Waals surface area contributed by atoms with E-state index >= 15 is 0 Å². The maximum Gasteiger partial charge on any atom is 0.128 e. The van der Waals surface area contributed by atoms with E-state index in [2.05, 4.69) is 19.2 Å². The van der Waals surface area contributed by atoms with Gasteiger partial charge in [0.05, 0.1) is 18.8 Å². The Bertz CT molecular complexity index is 423. The summed E-state index contributed by atoms with van der Waals surface area (Å²) in [7, 11) is 0. The van der Waals surface area contributed by atoms with Crippen LogP contribution in [0.2, 0.25) is 0 Å². The van der Waals surface area contributed by atoms with Crippen molar-refractivity contribution in [2.75, 3.05) is 13.2 Å². The highest BCUT2D eigenvalue weighted by molar-refractivity contribution is 5.21. The van der Waals surface area contributed by atoms with Crippen molar-refractivity contribution < 1.29 is 9.13 Å². The molecule has 1 saturated carbocycles. The first-order chi connectivity index (χ1) is 10.2. The summed E-state index contributed by atoms with van der Waals surface area (Å²) in [4.78, 5) is 0. The van der Waals surface area contributed by atoms with Crippen molar-refractivity contribution in [2.45, 2.75) is 58.1 Å². The predicted molar refractivity (Wildman–Crippen MR) is 84.8 cm³/mol. The average Bonchev–Trinajstić information content (AvgIpc) is 2.50. The summed E-state index contributed by atoms with van der Waals surface area (Å²) in [5.41, 5.74) is 0.717. The van der Waals surface area contributed by atoms with E-state index in [1.807, 2.05) is 12.1 Å². The second kappa shape index (κ2) is 8.50. The Morgan fingerprint density at radius 3 is 2.76 bits per heavy atom. The van der Waals surface area contributed by atoms with Gasteiger partial charge in [-0.15, -0.1) is 0 Å². The summed E-state index contributed by atoms with van der Waals surface area (Å²) >= 11 is 0. The molecular formula is C18H28FNO. The molecule has 1 aromatic rings. The highest BCUT2D eigenvalue weighted by atomic mass is 19.1. The van der Waals surface area contributed by atoms with Crippen LogP contribution in [0.4, 0.5) is 4.39 Å². The molecule has 0 bridgehead atoms. The van der Waals surface area contributed by atoms with E-state index in [0.717, 1.165) is 24.9 Å². The average molecular weight is 293 g/mol. The van der Waals surface area contributed by atoms with Crippen LogP contribution in [-0.4, -0.2) is 19.3 Å². The first kappa shape index (κ1) is 16.4. The summed E-state index contributed by atoms with van der Waals surface area (Å²) in [5, 5.41) is 3.42. The third-order valence-electron chi connectivity index (χ3n) is 4.43. The van der Waals surface area contributed by atoms with Crippen LogP contribution >= 0.6 is 0 Å². The lowest BCUT2D eigenvalue weighted by atomic mass is 9.88. The Kier molecular flexibility index (Phi) is 6.65. The van der Waals surface area contributed by atoms with Crippen LogP contribution in [0, 0.1) is 11.7 Å². The number of nitrogens with one attached hydrogen (secondary N) is 1. The van der Waals surface area contributed by atoms with Crippen LogP contribution in [0.25, 0.3) is 0 Å². The molecule has 0 saturated heterocycles. The van der Waals surface area contributed by atoms with Crippen LogP contribution in [0.15, 0.2) is 24.3 Å². The summed E-state index contributed by atoms with van der Waals surface area (Å²) in [6.45, 7) is 5.81. The number of ether oxygens (including phenoxy) is 1. The molecule has 118 valence electrons. The summed E-state index contributed by atoms with van der Waals surface area (Å²) < 4.78 is 20.1. The van der Waals surface area contributed by atoms with Gasteiger partial charge >= 0.3 is 0 Å². The van der Waals surface area contributed by atoms with E-state index in [1.54, 1.807) is 6.07 Å². The van der Waals surface area contributed by atoms with Gasteiger partial charge in [0.2, 0.25) is 0 Å². The fraction of sp³-hybridized carbons (Fsp3) is 0.667. The van der Waals surface area contributed by atoms with Crippen molar-refractivity contribution in [1.29, 1.82) is 0 Å². The molecule has 2 nitrogen and oxygen atoms in total. The second-order valence-electron chi connectivity index (χ2n) is 6.16. The van der Waals surface area contributed by atoms with Crippen LogP contribution in [-0.2, 0) is 4.74 Å². The highest BCUT2D eigenvalue weighted by Gasteiger charge is 2.24. The SMILES string of the molecule is CCCNC(COC1CCCCC1C)c1ccccc1F. The first-order valence-corrected chi connectivity index (χ1v) is 8.31. The maximum absolute atomic E-state index is 14.0. The van der Waals surface area contributed by atoms with E-state index in [4.69, 9.17) is 4.74 Å². The van der Waals surface area contributed by atoms with Crippen molar-refractivity contribution >= 4 is 0 Å². The lowest BCUT2D eigenvalue weighted by Gasteiger charge is -2.30. The van der Waals surface area contributed by atoms with Crippen LogP contribution in [0.3, 0.4) is 0 Å². The monoisotopic (exact) mass is 293 g/mol. The van der Waals surface area contributed by atoms with Gasteiger partial charge in [0.25, 0.3) is 0 Å². The van der Waals surface area contributed by atoms with Gasteiger partial charge in [-0.2, -0.15) is 0 Å². The van der Waals surface area contributed by atoms with Crippen molar-refractivity contribution in [3.05, 3.63) is 35.6 Å². The molecule has 0 radical (unpaired) electrons. The normalized spacial score (nSPS) is 24.0. The Morgan fingerprint density at radius 1 is 1.29 bits per heavy atom. The molecule has 0 spiro atoms. The van der Waals surface area contributed by atoms with Crippen molar-refractivity contribution in [2.24, 2.45) is 5.92 Å². The Balaban J connectivity index is 1.97. The minimum atomic E-state index is -0.147. The Hall–Kier alpha value is -0.930. The Labute approximate surface area is 128 Å². The van der Waals surface area contributed by atoms with Gasteiger partial charge in [0.15, 0.2) is 0 Å². The lowest BCUT2D eigenvalue weighted by Crippen LogP contribution is -2.32. The molecule has 1 aliphatic rings. The number of rotatable bonds is 7. The largest absolute Gasteiger partial charge is 0.376 e. The van der Waals surface area contributed by atoms with Gasteiger partial charge < -0.3 is 10.1 Å². The van der Waals surface area contributed by atoms with E-state index < -0.39 is 0 Å². The highest BCUT2D eigenvalue weighted by Crippen LogP contribution is 2.27. The summed E-state index contributed by atoms with van der Waals surface area (Å²) in [6.07, 6.45) is 6.31. The summed E-state index contributed by atoms with van der Waals surface area (Å²) in [6, 6.07) is 6.96. The molecule has 0 aliphatic heterocycles. The third kappa shape index (κ3) is 4.79. The first-order valence-electron chi connectivity index (χ1n) is 8.31. The van der Waals surface area contributed by atoms with Crippen molar-refractivity contribution in [3.8, 4) is 0 Å². The zero-order valence-electron chi connectivity index (χ0n) is 13.3. The second-order valence-corrected chi connectivity index (χ2v) is 6.16. The molecule has 0 amide bonds. The molecule has 1 N–H and O–H groups in total.